The Morgan fingerprint density at radius 3 is 2.65 bits per heavy atom. The first kappa shape index (κ1) is 20.9. The molecule has 3 N–H and O–H groups in total. The van der Waals surface area contributed by atoms with Crippen molar-refractivity contribution in [1.82, 2.24) is 15.2 Å². The van der Waals surface area contributed by atoms with E-state index in [-0.39, 0.29) is 24.9 Å². The minimum atomic E-state index is -0.0338. The summed E-state index contributed by atoms with van der Waals surface area (Å²) >= 11 is 12.5. The third-order valence-electron chi connectivity index (χ3n) is 4.46. The summed E-state index contributed by atoms with van der Waals surface area (Å²) in [5.74, 6) is -0.0338. The van der Waals surface area contributed by atoms with Crippen LogP contribution in [0.1, 0.15) is 27.3 Å². The highest BCUT2D eigenvalue weighted by Crippen LogP contribution is 2.39. The van der Waals surface area contributed by atoms with Crippen LogP contribution >= 0.6 is 35.6 Å². The van der Waals surface area contributed by atoms with E-state index < -0.39 is 0 Å². The average molecular weight is 416 g/mol. The van der Waals surface area contributed by atoms with Gasteiger partial charge in [0.2, 0.25) is 0 Å². The summed E-state index contributed by atoms with van der Waals surface area (Å²) in [7, 11) is 1.86. The van der Waals surface area contributed by atoms with E-state index in [9.17, 15) is 4.79 Å². The molecule has 5 nitrogen and oxygen atoms in total. The second-order valence-electron chi connectivity index (χ2n) is 6.03. The molecule has 1 aromatic carbocycles. The Morgan fingerprint density at radius 2 is 2.04 bits per heavy atom. The van der Waals surface area contributed by atoms with Crippen molar-refractivity contribution in [3.8, 4) is 11.1 Å². The molecule has 0 unspecified atom stereocenters. The van der Waals surface area contributed by atoms with Crippen molar-refractivity contribution in [1.29, 1.82) is 0 Å². The largest absolute Gasteiger partial charge is 0.331 e. The lowest BCUT2D eigenvalue weighted by atomic mass is 9.93. The number of likely N-dealkylation sites (N-methyl/N-ethyl adjacent to an activating group) is 1. The van der Waals surface area contributed by atoms with Gasteiger partial charge >= 0.3 is 0 Å². The topological polar surface area (TPSA) is 71.2 Å². The summed E-state index contributed by atoms with van der Waals surface area (Å²) in [6, 6.07) is 5.28. The monoisotopic (exact) mass is 414 g/mol. The van der Waals surface area contributed by atoms with Crippen LogP contribution in [-0.2, 0) is 13.1 Å². The molecule has 0 spiro atoms. The summed E-state index contributed by atoms with van der Waals surface area (Å²) in [5.41, 5.74) is 10.6. The number of carbonyl (C=O) groups is 1. The van der Waals surface area contributed by atoms with Crippen LogP contribution in [0, 0.1) is 6.92 Å². The Balaban J connectivity index is 0.00000243. The minimum Gasteiger partial charge on any atom is -0.331 e. The summed E-state index contributed by atoms with van der Waals surface area (Å²) < 4.78 is 0. The lowest BCUT2D eigenvalue weighted by molar-refractivity contribution is 0.0780. The van der Waals surface area contributed by atoms with Crippen molar-refractivity contribution in [3.63, 3.8) is 0 Å². The predicted molar refractivity (Wildman–Crippen MR) is 108 cm³/mol. The van der Waals surface area contributed by atoms with Gasteiger partial charge in [-0.2, -0.15) is 0 Å². The molecule has 0 saturated carbocycles. The van der Waals surface area contributed by atoms with Gasteiger partial charge in [-0.1, -0.05) is 29.3 Å². The van der Waals surface area contributed by atoms with Crippen LogP contribution in [0.4, 0.5) is 0 Å². The maximum atomic E-state index is 13.0. The number of hydrogen-bond donors (Lipinski definition) is 2. The second kappa shape index (κ2) is 8.55. The van der Waals surface area contributed by atoms with Crippen LogP contribution in [-0.4, -0.2) is 35.9 Å². The molecule has 140 valence electrons. The van der Waals surface area contributed by atoms with Crippen molar-refractivity contribution in [2.24, 2.45) is 5.73 Å². The second-order valence-corrected chi connectivity index (χ2v) is 6.87. The van der Waals surface area contributed by atoms with Gasteiger partial charge in [-0.3, -0.25) is 9.78 Å². The number of halogens is 3. The molecule has 2 aromatic rings. The zero-order valence-electron chi connectivity index (χ0n) is 14.6. The fourth-order valence-corrected chi connectivity index (χ4v) is 3.73. The number of nitrogens with two attached hydrogens (primary N) is 1. The average Bonchev–Trinajstić information content (AvgIpc) is 2.87. The van der Waals surface area contributed by atoms with E-state index in [1.807, 2.05) is 20.0 Å². The van der Waals surface area contributed by atoms with Crippen LogP contribution in [0.15, 0.2) is 18.2 Å². The van der Waals surface area contributed by atoms with E-state index in [0.29, 0.717) is 28.7 Å². The minimum absolute atomic E-state index is 0. The zero-order chi connectivity index (χ0) is 18.1. The number of aromatic nitrogens is 1. The van der Waals surface area contributed by atoms with Crippen LogP contribution < -0.4 is 11.1 Å². The molecule has 26 heavy (non-hydrogen) atoms. The highest BCUT2D eigenvalue weighted by Gasteiger charge is 2.33. The van der Waals surface area contributed by atoms with Gasteiger partial charge in [0.15, 0.2) is 0 Å². The Bertz CT molecular complexity index is 842. The molecule has 0 aliphatic carbocycles. The number of carbonyl (C=O) groups excluding carboxylic acids is 1. The molecule has 1 amide bonds. The molecule has 2 heterocycles. The summed E-state index contributed by atoms with van der Waals surface area (Å²) in [5, 5.41) is 4.11. The van der Waals surface area contributed by atoms with Gasteiger partial charge < -0.3 is 16.0 Å². The molecule has 1 aromatic heterocycles. The van der Waals surface area contributed by atoms with Gasteiger partial charge in [-0.05, 0) is 31.7 Å². The third-order valence-corrected chi connectivity index (χ3v) is 5.01. The maximum Gasteiger partial charge on any atom is 0.256 e. The smallest absolute Gasteiger partial charge is 0.256 e. The first-order chi connectivity index (χ1) is 12.0. The highest BCUT2D eigenvalue weighted by molar-refractivity contribution is 6.36. The van der Waals surface area contributed by atoms with E-state index in [2.05, 4.69) is 10.3 Å². The van der Waals surface area contributed by atoms with Crippen LogP contribution in [0.25, 0.3) is 11.1 Å². The fraction of sp³-hybridized carbons (Fsp3) is 0.333. The zero-order valence-corrected chi connectivity index (χ0v) is 16.9. The number of nitrogens with one attached hydrogen (secondary N) is 1. The highest BCUT2D eigenvalue weighted by atomic mass is 35.5. The number of hydrogen-bond acceptors (Lipinski definition) is 4. The molecule has 0 bridgehead atoms. The first-order valence-electron chi connectivity index (χ1n) is 8.09. The Hall–Kier alpha value is -1.37. The van der Waals surface area contributed by atoms with E-state index in [1.165, 1.54) is 0 Å². The quantitative estimate of drug-likeness (QED) is 0.785. The van der Waals surface area contributed by atoms with Gasteiger partial charge in [0.1, 0.15) is 0 Å². The van der Waals surface area contributed by atoms with Gasteiger partial charge in [-0.25, -0.2) is 0 Å². The fourth-order valence-electron chi connectivity index (χ4n) is 3.22. The molecule has 0 radical (unpaired) electrons. The third kappa shape index (κ3) is 3.68. The molecule has 1 aliphatic rings. The number of nitrogens with zero attached hydrogens (tertiary/aromatic N) is 2. The maximum absolute atomic E-state index is 13.0. The molecular formula is C18H21Cl3N4O. The normalized spacial score (nSPS) is 13.0. The SMILES string of the molecule is CNCCN1Cc2nc(C)c(CN)c(-c3ccc(Cl)cc3Cl)c2C1=O.Cl. The molecule has 8 heteroatoms. The van der Waals surface area contributed by atoms with Crippen LogP contribution in [0.3, 0.4) is 0 Å². The molecule has 1 aliphatic heterocycles. The number of pyridine rings is 1. The van der Waals surface area contributed by atoms with Crippen molar-refractivity contribution in [2.75, 3.05) is 20.1 Å². The van der Waals surface area contributed by atoms with Crippen molar-refractivity contribution in [3.05, 3.63) is 50.8 Å². The standard InChI is InChI=1S/C18H20Cl2N4O.ClH/c1-10-13(8-21)16(12-4-3-11(19)7-14(12)20)17-15(23-10)9-24(18(17)25)6-5-22-2;/h3-4,7,22H,5-6,8-9,21H2,1-2H3;1H. The van der Waals surface area contributed by atoms with E-state index >= 15 is 0 Å². The predicted octanol–water partition coefficient (Wildman–Crippen LogP) is 3.42. The Kier molecular flexibility index (Phi) is 6.88. The van der Waals surface area contributed by atoms with Crippen molar-refractivity contribution >= 4 is 41.5 Å². The first-order valence-corrected chi connectivity index (χ1v) is 8.85. The molecule has 0 saturated heterocycles. The Morgan fingerprint density at radius 1 is 1.31 bits per heavy atom. The number of rotatable bonds is 5. The number of aryl methyl sites for hydroxylation is 1. The van der Waals surface area contributed by atoms with E-state index in [1.54, 1.807) is 17.0 Å². The Labute approximate surface area is 169 Å². The van der Waals surface area contributed by atoms with Crippen LogP contribution in [0.2, 0.25) is 10.0 Å². The van der Waals surface area contributed by atoms with E-state index in [4.69, 9.17) is 28.9 Å². The summed E-state index contributed by atoms with van der Waals surface area (Å²) in [4.78, 5) is 19.4. The van der Waals surface area contributed by atoms with Crippen molar-refractivity contribution in [2.45, 2.75) is 20.0 Å². The van der Waals surface area contributed by atoms with Gasteiger partial charge in [0, 0.05) is 46.5 Å². The molecule has 0 atom stereocenters. The van der Waals surface area contributed by atoms with Crippen molar-refractivity contribution < 1.29 is 4.79 Å². The van der Waals surface area contributed by atoms with E-state index in [0.717, 1.165) is 34.6 Å². The summed E-state index contributed by atoms with van der Waals surface area (Å²) in [6.45, 7) is 4.04. The molecule has 0 fully saturated rings. The number of amides is 1. The number of fused-ring (bicyclic) bond motifs is 1. The van der Waals surface area contributed by atoms with Gasteiger partial charge in [-0.15, -0.1) is 12.4 Å². The molecule has 3 rings (SSSR count). The lowest BCUT2D eigenvalue weighted by Gasteiger charge is -2.17. The van der Waals surface area contributed by atoms with Gasteiger partial charge in [0.25, 0.3) is 5.91 Å². The molecular weight excluding hydrogens is 395 g/mol. The van der Waals surface area contributed by atoms with Gasteiger partial charge in [0.05, 0.1) is 17.8 Å². The lowest BCUT2D eigenvalue weighted by Crippen LogP contribution is -2.31. The number of benzene rings is 1. The van der Waals surface area contributed by atoms with Crippen LogP contribution in [0.5, 0.6) is 0 Å². The summed E-state index contributed by atoms with van der Waals surface area (Å²) in [6.07, 6.45) is 0.